The lowest BCUT2D eigenvalue weighted by molar-refractivity contribution is -0.138. The van der Waals surface area contributed by atoms with Crippen LogP contribution in [0.4, 0.5) is 0 Å². The van der Waals surface area contributed by atoms with Crippen LogP contribution in [0, 0.1) is 5.92 Å². The van der Waals surface area contributed by atoms with E-state index in [0.29, 0.717) is 5.92 Å². The summed E-state index contributed by atoms with van der Waals surface area (Å²) in [5.74, 6) is 0.661. The van der Waals surface area contributed by atoms with E-state index in [0.717, 1.165) is 18.7 Å². The molecule has 1 atom stereocenters. The highest BCUT2D eigenvalue weighted by Gasteiger charge is 2.28. The summed E-state index contributed by atoms with van der Waals surface area (Å²) in [5, 5.41) is 20.9. The first-order valence-electron chi connectivity index (χ1n) is 6.59. The van der Waals surface area contributed by atoms with Gasteiger partial charge in [-0.2, -0.15) is 0 Å². The second-order valence-electron chi connectivity index (χ2n) is 5.37. The number of hydrogen-bond donors (Lipinski definition) is 1. The fraction of sp³-hybridized carbons (Fsp3) is 0.833. The van der Waals surface area contributed by atoms with Gasteiger partial charge in [0.25, 0.3) is 0 Å². The first-order valence-corrected chi connectivity index (χ1v) is 6.59. The third kappa shape index (κ3) is 2.68. The van der Waals surface area contributed by atoms with Gasteiger partial charge in [-0.15, -0.1) is 5.10 Å². The van der Waals surface area contributed by atoms with E-state index in [1.807, 2.05) is 13.8 Å². The normalized spacial score (nSPS) is 18.4. The summed E-state index contributed by atoms with van der Waals surface area (Å²) in [7, 11) is 0. The maximum Gasteiger partial charge on any atom is 0.305 e. The van der Waals surface area contributed by atoms with Crippen molar-refractivity contribution in [3.63, 3.8) is 0 Å². The van der Waals surface area contributed by atoms with Crippen LogP contribution in [-0.4, -0.2) is 31.3 Å². The fourth-order valence-electron chi connectivity index (χ4n) is 2.67. The molecule has 0 saturated heterocycles. The van der Waals surface area contributed by atoms with Gasteiger partial charge in [-0.05, 0) is 29.2 Å². The van der Waals surface area contributed by atoms with Crippen molar-refractivity contribution in [2.45, 2.75) is 57.9 Å². The molecule has 0 aliphatic heterocycles. The Bertz CT molecular complexity index is 410. The minimum atomic E-state index is -0.804. The van der Waals surface area contributed by atoms with Crippen molar-refractivity contribution in [3.8, 4) is 0 Å². The zero-order chi connectivity index (χ0) is 13.1. The quantitative estimate of drug-likeness (QED) is 0.866. The molecule has 0 aromatic carbocycles. The molecule has 6 nitrogen and oxygen atoms in total. The minimum Gasteiger partial charge on any atom is -0.481 e. The molecule has 1 aliphatic rings. The number of aliphatic carboxylic acids is 1. The van der Waals surface area contributed by atoms with Crippen LogP contribution < -0.4 is 0 Å². The highest BCUT2D eigenvalue weighted by molar-refractivity contribution is 5.67. The summed E-state index contributed by atoms with van der Waals surface area (Å²) >= 11 is 0. The fourth-order valence-corrected chi connectivity index (χ4v) is 2.67. The Kier molecular flexibility index (Phi) is 3.93. The molecule has 1 aliphatic carbocycles. The number of carboxylic acids is 1. The summed E-state index contributed by atoms with van der Waals surface area (Å²) in [6.07, 6.45) is 4.71. The van der Waals surface area contributed by atoms with E-state index >= 15 is 0 Å². The highest BCUT2D eigenvalue weighted by Crippen LogP contribution is 2.34. The summed E-state index contributed by atoms with van der Waals surface area (Å²) < 4.78 is 1.74. The van der Waals surface area contributed by atoms with Crippen LogP contribution in [0.2, 0.25) is 0 Å². The van der Waals surface area contributed by atoms with Crippen molar-refractivity contribution in [1.29, 1.82) is 0 Å². The second kappa shape index (κ2) is 5.46. The van der Waals surface area contributed by atoms with Gasteiger partial charge in [-0.25, -0.2) is 4.68 Å². The molecule has 1 saturated carbocycles. The smallest absolute Gasteiger partial charge is 0.305 e. The molecular formula is C12H20N4O2. The molecule has 1 N–H and O–H groups in total. The molecule has 1 fully saturated rings. The minimum absolute atomic E-state index is 0.0719. The second-order valence-corrected chi connectivity index (χ2v) is 5.37. The Morgan fingerprint density at radius 1 is 1.44 bits per heavy atom. The van der Waals surface area contributed by atoms with Crippen LogP contribution in [0.3, 0.4) is 0 Å². The Morgan fingerprint density at radius 2 is 2.11 bits per heavy atom. The van der Waals surface area contributed by atoms with Crippen LogP contribution in [-0.2, 0) is 4.79 Å². The number of tetrazole rings is 1. The number of nitrogens with zero attached hydrogens (tertiary/aromatic N) is 4. The maximum absolute atomic E-state index is 11.0. The molecule has 0 spiro atoms. The lowest BCUT2D eigenvalue weighted by Gasteiger charge is -2.21. The van der Waals surface area contributed by atoms with Crippen LogP contribution >= 0.6 is 0 Å². The number of rotatable bonds is 5. The van der Waals surface area contributed by atoms with E-state index < -0.39 is 5.97 Å². The van der Waals surface area contributed by atoms with Gasteiger partial charge in [-0.3, -0.25) is 4.79 Å². The molecule has 1 unspecified atom stereocenters. The third-order valence-corrected chi connectivity index (χ3v) is 3.71. The average molecular weight is 252 g/mol. The molecular weight excluding hydrogens is 232 g/mol. The van der Waals surface area contributed by atoms with Crippen LogP contribution in [0.5, 0.6) is 0 Å². The molecule has 18 heavy (non-hydrogen) atoms. The van der Waals surface area contributed by atoms with Gasteiger partial charge in [0.05, 0.1) is 12.5 Å². The summed E-state index contributed by atoms with van der Waals surface area (Å²) in [4.78, 5) is 11.0. The summed E-state index contributed by atoms with van der Waals surface area (Å²) in [6, 6.07) is -0.159. The standard InChI is InChI=1S/C12H20N4O2/c1-8(2)10(7-11(17)18)16-12(13-14-15-16)9-5-3-4-6-9/h8-10H,3-7H2,1-2H3,(H,17,18). The van der Waals surface area contributed by atoms with E-state index in [-0.39, 0.29) is 18.4 Å². The van der Waals surface area contributed by atoms with Gasteiger partial charge in [0.1, 0.15) is 0 Å². The molecule has 2 rings (SSSR count). The molecule has 1 aromatic heterocycles. The first-order chi connectivity index (χ1) is 8.59. The van der Waals surface area contributed by atoms with Crippen molar-refractivity contribution in [2.75, 3.05) is 0 Å². The average Bonchev–Trinajstić information content (AvgIpc) is 2.95. The van der Waals surface area contributed by atoms with Crippen LogP contribution in [0.1, 0.15) is 63.7 Å². The Labute approximate surface area is 106 Å². The van der Waals surface area contributed by atoms with E-state index in [1.54, 1.807) is 4.68 Å². The van der Waals surface area contributed by atoms with Gasteiger partial charge in [-0.1, -0.05) is 26.7 Å². The van der Waals surface area contributed by atoms with Gasteiger partial charge in [0.15, 0.2) is 5.82 Å². The Balaban J connectivity index is 2.24. The molecule has 0 bridgehead atoms. The zero-order valence-electron chi connectivity index (χ0n) is 10.9. The largest absolute Gasteiger partial charge is 0.481 e. The Morgan fingerprint density at radius 3 is 2.67 bits per heavy atom. The molecule has 1 heterocycles. The third-order valence-electron chi connectivity index (χ3n) is 3.71. The predicted octanol–water partition coefficient (Wildman–Crippen LogP) is 2.00. The molecule has 100 valence electrons. The van der Waals surface area contributed by atoms with Crippen molar-refractivity contribution in [2.24, 2.45) is 5.92 Å². The van der Waals surface area contributed by atoms with Crippen molar-refractivity contribution in [1.82, 2.24) is 20.2 Å². The van der Waals surface area contributed by atoms with Crippen LogP contribution in [0.15, 0.2) is 0 Å². The van der Waals surface area contributed by atoms with E-state index in [9.17, 15) is 4.79 Å². The SMILES string of the molecule is CC(C)C(CC(=O)O)n1nnnc1C1CCCC1. The lowest BCUT2D eigenvalue weighted by atomic mass is 9.99. The van der Waals surface area contributed by atoms with E-state index in [2.05, 4.69) is 15.5 Å². The molecule has 0 radical (unpaired) electrons. The maximum atomic E-state index is 11.0. The van der Waals surface area contributed by atoms with Gasteiger partial charge >= 0.3 is 5.97 Å². The van der Waals surface area contributed by atoms with Crippen molar-refractivity contribution >= 4 is 5.97 Å². The van der Waals surface area contributed by atoms with Gasteiger partial charge in [0, 0.05) is 5.92 Å². The number of aromatic nitrogens is 4. The van der Waals surface area contributed by atoms with Crippen molar-refractivity contribution in [3.05, 3.63) is 5.82 Å². The van der Waals surface area contributed by atoms with Crippen molar-refractivity contribution < 1.29 is 9.90 Å². The van der Waals surface area contributed by atoms with Gasteiger partial charge in [0.2, 0.25) is 0 Å². The predicted molar refractivity (Wildman–Crippen MR) is 65.2 cm³/mol. The number of carboxylic acid groups (broad SMARTS) is 1. The van der Waals surface area contributed by atoms with Gasteiger partial charge < -0.3 is 5.11 Å². The molecule has 0 amide bonds. The summed E-state index contributed by atoms with van der Waals surface area (Å²) in [6.45, 7) is 4.02. The van der Waals surface area contributed by atoms with Crippen LogP contribution in [0.25, 0.3) is 0 Å². The highest BCUT2D eigenvalue weighted by atomic mass is 16.4. The topological polar surface area (TPSA) is 80.9 Å². The van der Waals surface area contributed by atoms with E-state index in [4.69, 9.17) is 5.11 Å². The van der Waals surface area contributed by atoms with E-state index in [1.165, 1.54) is 12.8 Å². The zero-order valence-corrected chi connectivity index (χ0v) is 10.9. The molecule has 6 heteroatoms. The Hall–Kier alpha value is -1.46. The summed E-state index contributed by atoms with van der Waals surface area (Å²) in [5.41, 5.74) is 0. The first kappa shape index (κ1) is 13.0. The molecule has 1 aromatic rings. The monoisotopic (exact) mass is 252 g/mol. The lowest BCUT2D eigenvalue weighted by Crippen LogP contribution is -2.23. The number of carbonyl (C=O) groups is 1. The number of hydrogen-bond acceptors (Lipinski definition) is 4.